The van der Waals surface area contributed by atoms with Crippen LogP contribution in [0.1, 0.15) is 18.0 Å². The van der Waals surface area contributed by atoms with Crippen LogP contribution < -0.4 is 0 Å². The van der Waals surface area contributed by atoms with Crippen molar-refractivity contribution in [3.63, 3.8) is 0 Å². The first kappa shape index (κ1) is 16.8. The molecule has 2 aromatic carbocycles. The normalized spacial score (nSPS) is 12.2. The number of nitrogens with zero attached hydrogens (tertiary/aromatic N) is 4. The second-order valence-electron chi connectivity index (χ2n) is 5.44. The van der Waals surface area contributed by atoms with E-state index in [-0.39, 0.29) is 5.25 Å². The predicted molar refractivity (Wildman–Crippen MR) is 98.8 cm³/mol. The molecule has 6 nitrogen and oxygen atoms in total. The lowest BCUT2D eigenvalue weighted by molar-refractivity contribution is 0.422. The van der Waals surface area contributed by atoms with E-state index in [2.05, 4.69) is 20.3 Å². The van der Waals surface area contributed by atoms with Crippen LogP contribution in [0.15, 0.2) is 68.8 Å². The zero-order valence-corrected chi connectivity index (χ0v) is 15.2. The maximum absolute atomic E-state index is 6.16. The highest BCUT2D eigenvalue weighted by Crippen LogP contribution is 2.35. The molecule has 0 N–H and O–H groups in total. The van der Waals surface area contributed by atoms with E-state index >= 15 is 0 Å². The smallest absolute Gasteiger partial charge is 0.277 e. The van der Waals surface area contributed by atoms with Crippen molar-refractivity contribution in [3.8, 4) is 22.9 Å². The number of hydrogen-bond donors (Lipinski definition) is 0. The second kappa shape index (κ2) is 7.31. The summed E-state index contributed by atoms with van der Waals surface area (Å²) in [5.74, 6) is 1.42. The molecule has 0 unspecified atom stereocenters. The SMILES string of the molecule is C[C@@H](Sc1nnc(-c2ccccc2Cl)o1)c1noc(-c2ccccc2)n1. The van der Waals surface area contributed by atoms with Crippen LogP contribution in [0.4, 0.5) is 0 Å². The molecule has 2 heterocycles. The molecule has 4 rings (SSSR count). The average molecular weight is 385 g/mol. The summed E-state index contributed by atoms with van der Waals surface area (Å²) in [5.41, 5.74) is 1.58. The number of aromatic nitrogens is 4. The van der Waals surface area contributed by atoms with E-state index in [1.54, 1.807) is 6.07 Å². The number of benzene rings is 2. The summed E-state index contributed by atoms with van der Waals surface area (Å²) in [6, 6.07) is 16.9. The fourth-order valence-electron chi connectivity index (χ4n) is 2.30. The molecular weight excluding hydrogens is 372 g/mol. The Balaban J connectivity index is 1.50. The third-order valence-corrected chi connectivity index (χ3v) is 4.87. The molecule has 0 fully saturated rings. The summed E-state index contributed by atoms with van der Waals surface area (Å²) in [6.07, 6.45) is 0. The summed E-state index contributed by atoms with van der Waals surface area (Å²) in [6.45, 7) is 1.95. The van der Waals surface area contributed by atoms with Crippen LogP contribution in [0.2, 0.25) is 5.02 Å². The van der Waals surface area contributed by atoms with Gasteiger partial charge < -0.3 is 8.94 Å². The Hall–Kier alpha value is -2.64. The van der Waals surface area contributed by atoms with Gasteiger partial charge in [0.15, 0.2) is 5.82 Å². The Bertz CT molecular complexity index is 1020. The van der Waals surface area contributed by atoms with Gasteiger partial charge in [0.05, 0.1) is 15.8 Å². The Morgan fingerprint density at radius 2 is 1.73 bits per heavy atom. The van der Waals surface area contributed by atoms with Gasteiger partial charge in [-0.2, -0.15) is 4.98 Å². The first-order valence-corrected chi connectivity index (χ1v) is 9.10. The topological polar surface area (TPSA) is 77.8 Å². The lowest BCUT2D eigenvalue weighted by Gasteiger charge is -2.01. The summed E-state index contributed by atoms with van der Waals surface area (Å²) in [5, 5.41) is 13.0. The van der Waals surface area contributed by atoms with Gasteiger partial charge in [0.25, 0.3) is 11.1 Å². The Kier molecular flexibility index (Phi) is 4.73. The predicted octanol–water partition coefficient (Wildman–Crippen LogP) is 5.29. The van der Waals surface area contributed by atoms with Crippen LogP contribution in [0.25, 0.3) is 22.9 Å². The standard InChI is InChI=1S/C18H13ClN4O2S/c1-11(15-20-16(25-23-15)12-7-3-2-4-8-12)26-18-22-21-17(24-18)13-9-5-6-10-14(13)19/h2-11H,1H3/t11-/m1/s1. The molecule has 1 atom stereocenters. The highest BCUT2D eigenvalue weighted by Gasteiger charge is 2.20. The van der Waals surface area contributed by atoms with Crippen LogP contribution in [0.3, 0.4) is 0 Å². The average Bonchev–Trinajstić information content (AvgIpc) is 3.33. The quantitative estimate of drug-likeness (QED) is 0.432. The maximum atomic E-state index is 6.16. The lowest BCUT2D eigenvalue weighted by atomic mass is 10.2. The number of hydrogen-bond acceptors (Lipinski definition) is 7. The van der Waals surface area contributed by atoms with Gasteiger partial charge in [0, 0.05) is 5.56 Å². The third kappa shape index (κ3) is 3.49. The van der Waals surface area contributed by atoms with Gasteiger partial charge in [-0.1, -0.05) is 58.9 Å². The number of halogens is 1. The van der Waals surface area contributed by atoms with Crippen molar-refractivity contribution in [2.45, 2.75) is 17.4 Å². The molecule has 2 aromatic heterocycles. The molecule has 0 saturated carbocycles. The van der Waals surface area contributed by atoms with E-state index in [4.69, 9.17) is 20.5 Å². The third-order valence-electron chi connectivity index (χ3n) is 3.61. The van der Waals surface area contributed by atoms with Crippen molar-refractivity contribution < 1.29 is 8.94 Å². The fourth-order valence-corrected chi connectivity index (χ4v) is 3.24. The van der Waals surface area contributed by atoms with Gasteiger partial charge in [-0.15, -0.1) is 10.2 Å². The molecule has 0 radical (unpaired) electrons. The maximum Gasteiger partial charge on any atom is 0.277 e. The summed E-state index contributed by atoms with van der Waals surface area (Å²) in [7, 11) is 0. The Labute approximate surface area is 158 Å². The van der Waals surface area contributed by atoms with Crippen LogP contribution >= 0.6 is 23.4 Å². The minimum absolute atomic E-state index is 0.115. The van der Waals surface area contributed by atoms with Crippen LogP contribution in [0.5, 0.6) is 0 Å². The van der Waals surface area contributed by atoms with Crippen LogP contribution in [0, 0.1) is 0 Å². The molecule has 0 aliphatic rings. The minimum atomic E-state index is -0.115. The highest BCUT2D eigenvalue weighted by atomic mass is 35.5. The van der Waals surface area contributed by atoms with Crippen LogP contribution in [-0.2, 0) is 0 Å². The monoisotopic (exact) mass is 384 g/mol. The fraction of sp³-hybridized carbons (Fsp3) is 0.111. The summed E-state index contributed by atoms with van der Waals surface area (Å²) >= 11 is 7.52. The van der Waals surface area contributed by atoms with Gasteiger partial charge in [-0.25, -0.2) is 0 Å². The molecule has 130 valence electrons. The van der Waals surface area contributed by atoms with E-state index in [9.17, 15) is 0 Å². The van der Waals surface area contributed by atoms with E-state index in [0.717, 1.165) is 5.56 Å². The van der Waals surface area contributed by atoms with Crippen molar-refractivity contribution in [2.75, 3.05) is 0 Å². The van der Waals surface area contributed by atoms with E-state index < -0.39 is 0 Å². The first-order chi connectivity index (χ1) is 12.7. The van der Waals surface area contributed by atoms with Gasteiger partial charge in [0.1, 0.15) is 0 Å². The van der Waals surface area contributed by atoms with E-state index in [0.29, 0.717) is 33.4 Å². The molecule has 0 aliphatic carbocycles. The molecule has 0 saturated heterocycles. The van der Waals surface area contributed by atoms with Crippen molar-refractivity contribution in [2.24, 2.45) is 0 Å². The van der Waals surface area contributed by atoms with Crippen molar-refractivity contribution >= 4 is 23.4 Å². The molecule has 26 heavy (non-hydrogen) atoms. The van der Waals surface area contributed by atoms with E-state index in [1.807, 2.05) is 55.5 Å². The van der Waals surface area contributed by atoms with Crippen molar-refractivity contribution in [1.29, 1.82) is 0 Å². The minimum Gasteiger partial charge on any atom is -0.411 e. The molecular formula is C18H13ClN4O2S. The molecule has 0 spiro atoms. The van der Waals surface area contributed by atoms with Gasteiger partial charge in [-0.05, 0) is 31.2 Å². The Morgan fingerprint density at radius 1 is 0.962 bits per heavy atom. The van der Waals surface area contributed by atoms with Crippen molar-refractivity contribution in [3.05, 3.63) is 65.4 Å². The number of thioether (sulfide) groups is 1. The largest absolute Gasteiger partial charge is 0.411 e. The van der Waals surface area contributed by atoms with Gasteiger partial charge >= 0.3 is 0 Å². The molecule has 0 aliphatic heterocycles. The molecule has 0 bridgehead atoms. The summed E-state index contributed by atoms with van der Waals surface area (Å²) in [4.78, 5) is 4.45. The first-order valence-electron chi connectivity index (χ1n) is 7.85. The second-order valence-corrected chi connectivity index (χ2v) is 7.14. The zero-order valence-electron chi connectivity index (χ0n) is 13.7. The molecule has 4 aromatic rings. The Morgan fingerprint density at radius 3 is 2.54 bits per heavy atom. The molecule has 0 amide bonds. The van der Waals surface area contributed by atoms with Crippen molar-refractivity contribution in [1.82, 2.24) is 20.3 Å². The van der Waals surface area contributed by atoms with E-state index in [1.165, 1.54) is 11.8 Å². The lowest BCUT2D eigenvalue weighted by Crippen LogP contribution is -1.91. The highest BCUT2D eigenvalue weighted by molar-refractivity contribution is 7.99. The summed E-state index contributed by atoms with van der Waals surface area (Å²) < 4.78 is 11.0. The van der Waals surface area contributed by atoms with Crippen LogP contribution in [-0.4, -0.2) is 20.3 Å². The van der Waals surface area contributed by atoms with Gasteiger partial charge in [0.2, 0.25) is 5.89 Å². The number of rotatable bonds is 5. The van der Waals surface area contributed by atoms with Gasteiger partial charge in [-0.3, -0.25) is 0 Å². The zero-order chi connectivity index (χ0) is 17.9. The molecule has 8 heteroatoms.